The topological polar surface area (TPSA) is 38.0 Å². The fraction of sp³-hybridized carbons (Fsp3) is 0. The first kappa shape index (κ1) is 13.1. The standard InChI is InChI=1S/C12H8BrClF2N2/c13-7-4-12(10(17)5-9(7)16)18-11-3-6(14)1-2-8(11)15/h1-5,18H,17H2. The highest BCUT2D eigenvalue weighted by molar-refractivity contribution is 9.10. The number of hydrogen-bond donors (Lipinski definition) is 2. The Bertz CT molecular complexity index is 605. The molecule has 0 atom stereocenters. The molecule has 0 saturated carbocycles. The van der Waals surface area contributed by atoms with Gasteiger partial charge >= 0.3 is 0 Å². The molecule has 2 aromatic rings. The van der Waals surface area contributed by atoms with Crippen molar-refractivity contribution in [2.45, 2.75) is 0 Å². The van der Waals surface area contributed by atoms with E-state index in [1.165, 1.54) is 24.3 Å². The molecule has 6 heteroatoms. The number of nitrogens with one attached hydrogen (secondary N) is 1. The van der Waals surface area contributed by atoms with Crippen molar-refractivity contribution in [2.75, 3.05) is 11.1 Å². The van der Waals surface area contributed by atoms with Gasteiger partial charge in [0.05, 0.1) is 21.5 Å². The third-order valence-electron chi connectivity index (χ3n) is 2.29. The van der Waals surface area contributed by atoms with E-state index in [-0.39, 0.29) is 15.8 Å². The summed E-state index contributed by atoms with van der Waals surface area (Å²) < 4.78 is 26.9. The van der Waals surface area contributed by atoms with Gasteiger partial charge in [-0.25, -0.2) is 8.78 Å². The number of anilines is 3. The third-order valence-corrected chi connectivity index (χ3v) is 3.13. The summed E-state index contributed by atoms with van der Waals surface area (Å²) in [5.41, 5.74) is 6.39. The number of rotatable bonds is 2. The van der Waals surface area contributed by atoms with Gasteiger partial charge in [0.25, 0.3) is 0 Å². The van der Waals surface area contributed by atoms with Gasteiger partial charge in [0.2, 0.25) is 0 Å². The van der Waals surface area contributed by atoms with Crippen LogP contribution >= 0.6 is 27.5 Å². The Balaban J connectivity index is 2.40. The molecule has 0 amide bonds. The van der Waals surface area contributed by atoms with Crippen LogP contribution in [0.3, 0.4) is 0 Å². The third kappa shape index (κ3) is 2.73. The molecule has 2 nitrogen and oxygen atoms in total. The summed E-state index contributed by atoms with van der Waals surface area (Å²) in [5, 5.41) is 3.16. The molecular weight excluding hydrogens is 325 g/mol. The van der Waals surface area contributed by atoms with Crippen LogP contribution in [-0.4, -0.2) is 0 Å². The van der Waals surface area contributed by atoms with Crippen LogP contribution in [0.25, 0.3) is 0 Å². The van der Waals surface area contributed by atoms with E-state index in [1.807, 2.05) is 0 Å². The van der Waals surface area contributed by atoms with Crippen molar-refractivity contribution in [3.8, 4) is 0 Å². The van der Waals surface area contributed by atoms with Gasteiger partial charge < -0.3 is 11.1 Å². The molecule has 0 fully saturated rings. The van der Waals surface area contributed by atoms with E-state index < -0.39 is 11.6 Å². The number of nitrogen functional groups attached to an aromatic ring is 1. The smallest absolute Gasteiger partial charge is 0.146 e. The number of benzene rings is 2. The Morgan fingerprint density at radius 3 is 2.50 bits per heavy atom. The lowest BCUT2D eigenvalue weighted by Crippen LogP contribution is -1.99. The molecule has 0 saturated heterocycles. The maximum Gasteiger partial charge on any atom is 0.146 e. The molecule has 0 bridgehead atoms. The fourth-order valence-electron chi connectivity index (χ4n) is 1.41. The van der Waals surface area contributed by atoms with Gasteiger partial charge in [0.1, 0.15) is 11.6 Å². The van der Waals surface area contributed by atoms with Crippen LogP contribution in [0, 0.1) is 11.6 Å². The quantitative estimate of drug-likeness (QED) is 0.781. The number of nitrogens with two attached hydrogens (primary N) is 1. The van der Waals surface area contributed by atoms with Gasteiger partial charge in [0, 0.05) is 11.1 Å². The minimum absolute atomic E-state index is 0.174. The first-order valence-corrected chi connectivity index (χ1v) is 6.11. The lowest BCUT2D eigenvalue weighted by atomic mass is 10.2. The van der Waals surface area contributed by atoms with Crippen LogP contribution in [-0.2, 0) is 0 Å². The van der Waals surface area contributed by atoms with E-state index in [9.17, 15) is 8.78 Å². The largest absolute Gasteiger partial charge is 0.397 e. The molecule has 18 heavy (non-hydrogen) atoms. The van der Waals surface area contributed by atoms with Crippen LogP contribution in [0.5, 0.6) is 0 Å². The molecule has 0 aromatic heterocycles. The molecule has 3 N–H and O–H groups in total. The van der Waals surface area contributed by atoms with Crippen molar-refractivity contribution in [3.63, 3.8) is 0 Å². The van der Waals surface area contributed by atoms with E-state index in [2.05, 4.69) is 21.2 Å². The highest BCUT2D eigenvalue weighted by Crippen LogP contribution is 2.31. The summed E-state index contributed by atoms with van der Waals surface area (Å²) in [6, 6.07) is 6.68. The monoisotopic (exact) mass is 332 g/mol. The molecule has 0 unspecified atom stereocenters. The Labute approximate surface area is 116 Å². The van der Waals surface area contributed by atoms with E-state index in [4.69, 9.17) is 17.3 Å². The maximum absolute atomic E-state index is 13.5. The van der Waals surface area contributed by atoms with E-state index in [0.29, 0.717) is 10.7 Å². The molecule has 2 aromatic carbocycles. The van der Waals surface area contributed by atoms with Gasteiger partial charge in [0.15, 0.2) is 0 Å². The van der Waals surface area contributed by atoms with Crippen molar-refractivity contribution < 1.29 is 8.78 Å². The Hall–Kier alpha value is -1.33. The average molecular weight is 334 g/mol. The molecule has 0 aliphatic rings. The molecule has 0 aliphatic carbocycles. The van der Waals surface area contributed by atoms with Gasteiger partial charge in [-0.05, 0) is 40.2 Å². The van der Waals surface area contributed by atoms with Gasteiger partial charge in [-0.15, -0.1) is 0 Å². The molecule has 94 valence electrons. The minimum Gasteiger partial charge on any atom is -0.397 e. The Kier molecular flexibility index (Phi) is 3.73. The molecule has 0 aliphatic heterocycles. The van der Waals surface area contributed by atoms with Crippen molar-refractivity contribution >= 4 is 44.6 Å². The Morgan fingerprint density at radius 2 is 1.78 bits per heavy atom. The van der Waals surface area contributed by atoms with Gasteiger partial charge in [-0.3, -0.25) is 0 Å². The zero-order chi connectivity index (χ0) is 13.3. The van der Waals surface area contributed by atoms with Crippen LogP contribution in [0.4, 0.5) is 25.8 Å². The molecular formula is C12H8BrClF2N2. The van der Waals surface area contributed by atoms with Gasteiger partial charge in [-0.1, -0.05) is 11.6 Å². The van der Waals surface area contributed by atoms with Crippen molar-refractivity contribution in [3.05, 3.63) is 51.5 Å². The molecule has 2 rings (SSSR count). The van der Waals surface area contributed by atoms with E-state index in [1.54, 1.807) is 0 Å². The number of hydrogen-bond acceptors (Lipinski definition) is 2. The van der Waals surface area contributed by atoms with Crippen molar-refractivity contribution in [1.29, 1.82) is 0 Å². The summed E-state index contributed by atoms with van der Waals surface area (Å²) >= 11 is 8.81. The minimum atomic E-state index is -0.482. The predicted octanol–water partition coefficient (Wildman–Crippen LogP) is 4.71. The molecule has 0 heterocycles. The van der Waals surface area contributed by atoms with Crippen LogP contribution in [0.1, 0.15) is 0 Å². The maximum atomic E-state index is 13.5. The first-order chi connectivity index (χ1) is 8.47. The highest BCUT2D eigenvalue weighted by Gasteiger charge is 2.09. The molecule has 0 radical (unpaired) electrons. The van der Waals surface area contributed by atoms with E-state index >= 15 is 0 Å². The number of halogens is 4. The second kappa shape index (κ2) is 5.12. The van der Waals surface area contributed by atoms with Crippen molar-refractivity contribution in [1.82, 2.24) is 0 Å². The normalized spacial score (nSPS) is 10.4. The SMILES string of the molecule is Nc1cc(F)c(Br)cc1Nc1cc(Cl)ccc1F. The summed E-state index contributed by atoms with van der Waals surface area (Å²) in [7, 11) is 0. The zero-order valence-corrected chi connectivity index (χ0v) is 11.3. The lowest BCUT2D eigenvalue weighted by molar-refractivity contribution is 0.622. The van der Waals surface area contributed by atoms with Gasteiger partial charge in [-0.2, -0.15) is 0 Å². The van der Waals surface area contributed by atoms with Crippen molar-refractivity contribution in [2.24, 2.45) is 0 Å². The summed E-state index contributed by atoms with van der Waals surface area (Å²) in [5.74, 6) is -0.955. The summed E-state index contributed by atoms with van der Waals surface area (Å²) in [4.78, 5) is 0. The van der Waals surface area contributed by atoms with Crippen LogP contribution in [0.15, 0.2) is 34.8 Å². The second-order valence-electron chi connectivity index (χ2n) is 3.60. The van der Waals surface area contributed by atoms with Crippen LogP contribution < -0.4 is 11.1 Å². The fourth-order valence-corrected chi connectivity index (χ4v) is 1.92. The average Bonchev–Trinajstić information content (AvgIpc) is 2.30. The lowest BCUT2D eigenvalue weighted by Gasteiger charge is -2.11. The second-order valence-corrected chi connectivity index (χ2v) is 4.89. The van der Waals surface area contributed by atoms with E-state index in [0.717, 1.165) is 6.07 Å². The highest BCUT2D eigenvalue weighted by atomic mass is 79.9. The summed E-state index contributed by atoms with van der Waals surface area (Å²) in [6.07, 6.45) is 0. The molecule has 0 spiro atoms. The Morgan fingerprint density at radius 1 is 1.06 bits per heavy atom. The first-order valence-electron chi connectivity index (χ1n) is 4.94. The predicted molar refractivity (Wildman–Crippen MR) is 73.2 cm³/mol. The summed E-state index contributed by atoms with van der Waals surface area (Å²) in [6.45, 7) is 0. The van der Waals surface area contributed by atoms with Crippen LogP contribution in [0.2, 0.25) is 5.02 Å². The zero-order valence-electron chi connectivity index (χ0n) is 8.98.